The molecular formula is C18H30N4OS. The largest absolute Gasteiger partial charge is 0.342 e. The molecule has 1 aromatic heterocycles. The molecule has 1 aromatic rings. The van der Waals surface area contributed by atoms with Crippen molar-refractivity contribution in [3.8, 4) is 0 Å². The molecule has 0 bridgehead atoms. The van der Waals surface area contributed by atoms with E-state index in [1.807, 2.05) is 6.92 Å². The van der Waals surface area contributed by atoms with Crippen LogP contribution in [0.4, 0.5) is 0 Å². The van der Waals surface area contributed by atoms with Crippen LogP contribution in [0.1, 0.15) is 43.3 Å². The Morgan fingerprint density at radius 3 is 2.75 bits per heavy atom. The van der Waals surface area contributed by atoms with Gasteiger partial charge in [-0.2, -0.15) is 0 Å². The summed E-state index contributed by atoms with van der Waals surface area (Å²) in [5.74, 6) is 1.03. The molecule has 0 spiro atoms. The Morgan fingerprint density at radius 2 is 2.12 bits per heavy atom. The fourth-order valence-corrected chi connectivity index (χ4v) is 4.55. The number of carbonyl (C=O) groups is 1. The second-order valence-electron chi connectivity index (χ2n) is 7.45. The van der Waals surface area contributed by atoms with Gasteiger partial charge in [-0.25, -0.2) is 4.98 Å². The van der Waals surface area contributed by atoms with Crippen LogP contribution in [0, 0.1) is 18.8 Å². The van der Waals surface area contributed by atoms with Gasteiger partial charge in [0.1, 0.15) is 0 Å². The Labute approximate surface area is 149 Å². The number of likely N-dealkylation sites (tertiary alicyclic amines) is 2. The zero-order valence-corrected chi connectivity index (χ0v) is 15.7. The molecule has 2 atom stereocenters. The van der Waals surface area contributed by atoms with E-state index in [9.17, 15) is 4.79 Å². The zero-order chi connectivity index (χ0) is 17.1. The second kappa shape index (κ2) is 7.93. The van der Waals surface area contributed by atoms with Crippen molar-refractivity contribution in [1.82, 2.24) is 14.8 Å². The first kappa shape index (κ1) is 17.8. The van der Waals surface area contributed by atoms with Crippen molar-refractivity contribution >= 4 is 17.2 Å². The lowest BCUT2D eigenvalue weighted by molar-refractivity contribution is -0.139. The van der Waals surface area contributed by atoms with Crippen LogP contribution in [0.2, 0.25) is 0 Å². The van der Waals surface area contributed by atoms with Crippen LogP contribution in [0.5, 0.6) is 0 Å². The second-order valence-corrected chi connectivity index (χ2v) is 8.52. The summed E-state index contributed by atoms with van der Waals surface area (Å²) in [4.78, 5) is 21.9. The molecule has 2 saturated heterocycles. The van der Waals surface area contributed by atoms with Gasteiger partial charge in [-0.3, -0.25) is 9.69 Å². The van der Waals surface area contributed by atoms with Crippen LogP contribution >= 0.6 is 11.3 Å². The van der Waals surface area contributed by atoms with Crippen molar-refractivity contribution in [2.45, 2.75) is 52.1 Å². The monoisotopic (exact) mass is 350 g/mol. The highest BCUT2D eigenvalue weighted by Gasteiger charge is 2.32. The van der Waals surface area contributed by atoms with E-state index in [2.05, 4.69) is 27.1 Å². The summed E-state index contributed by atoms with van der Waals surface area (Å²) in [6, 6.07) is 0.184. The molecule has 0 saturated carbocycles. The van der Waals surface area contributed by atoms with Crippen LogP contribution in [0.15, 0.2) is 5.38 Å². The third kappa shape index (κ3) is 4.35. The molecule has 24 heavy (non-hydrogen) atoms. The molecule has 5 nitrogen and oxygen atoms in total. The zero-order valence-electron chi connectivity index (χ0n) is 14.9. The van der Waals surface area contributed by atoms with Gasteiger partial charge in [0.15, 0.2) is 0 Å². The number of hydrogen-bond acceptors (Lipinski definition) is 5. The highest BCUT2D eigenvalue weighted by molar-refractivity contribution is 7.09. The lowest BCUT2D eigenvalue weighted by Crippen LogP contribution is -2.48. The Bertz CT molecular complexity index is 551. The molecule has 3 heterocycles. The van der Waals surface area contributed by atoms with Crippen molar-refractivity contribution in [3.05, 3.63) is 16.1 Å². The molecule has 3 rings (SSSR count). The van der Waals surface area contributed by atoms with E-state index in [1.54, 1.807) is 11.3 Å². The van der Waals surface area contributed by atoms with Crippen LogP contribution in [-0.2, 0) is 11.3 Å². The lowest BCUT2D eigenvalue weighted by Gasteiger charge is -2.38. The maximum absolute atomic E-state index is 12.8. The number of rotatable bonds is 4. The van der Waals surface area contributed by atoms with E-state index in [-0.39, 0.29) is 12.0 Å². The molecule has 6 heteroatoms. The fourth-order valence-electron chi connectivity index (χ4n) is 3.95. The molecular weight excluding hydrogens is 320 g/mol. The smallest absolute Gasteiger partial charge is 0.225 e. The van der Waals surface area contributed by atoms with Crippen LogP contribution < -0.4 is 5.73 Å². The maximum atomic E-state index is 12.8. The number of hydrogen-bond donors (Lipinski definition) is 1. The van der Waals surface area contributed by atoms with E-state index in [4.69, 9.17) is 5.73 Å². The third-order valence-electron chi connectivity index (χ3n) is 5.50. The van der Waals surface area contributed by atoms with Gasteiger partial charge in [-0.15, -0.1) is 11.3 Å². The first-order chi connectivity index (χ1) is 11.5. The van der Waals surface area contributed by atoms with Crippen molar-refractivity contribution in [2.75, 3.05) is 26.2 Å². The SMILES string of the molecule is Cc1nc(CN2CCC(C(=O)N3CCCC(C(C)N)C3)CC2)cs1. The molecule has 2 N–H and O–H groups in total. The van der Waals surface area contributed by atoms with Gasteiger partial charge < -0.3 is 10.6 Å². The number of aromatic nitrogens is 1. The molecule has 134 valence electrons. The topological polar surface area (TPSA) is 62.5 Å². The van der Waals surface area contributed by atoms with Crippen LogP contribution in [-0.4, -0.2) is 52.9 Å². The van der Waals surface area contributed by atoms with E-state index in [0.717, 1.165) is 69.1 Å². The number of thiazole rings is 1. The standard InChI is InChI=1S/C18H30N4OS/c1-13(19)16-4-3-7-22(10-16)18(23)15-5-8-21(9-6-15)11-17-12-24-14(2)20-17/h12-13,15-16H,3-11,19H2,1-2H3. The summed E-state index contributed by atoms with van der Waals surface area (Å²) in [5.41, 5.74) is 7.22. The van der Waals surface area contributed by atoms with Gasteiger partial charge >= 0.3 is 0 Å². The van der Waals surface area contributed by atoms with Gasteiger partial charge in [0, 0.05) is 37.0 Å². The van der Waals surface area contributed by atoms with Crippen molar-refractivity contribution in [1.29, 1.82) is 0 Å². The van der Waals surface area contributed by atoms with E-state index >= 15 is 0 Å². The predicted molar refractivity (Wildman–Crippen MR) is 97.8 cm³/mol. The Hall–Kier alpha value is -0.980. The van der Waals surface area contributed by atoms with Crippen molar-refractivity contribution < 1.29 is 4.79 Å². The number of nitrogens with two attached hydrogens (primary N) is 1. The summed E-state index contributed by atoms with van der Waals surface area (Å²) in [6.45, 7) is 8.80. The van der Waals surface area contributed by atoms with Gasteiger partial charge in [-0.05, 0) is 58.5 Å². The minimum absolute atomic E-state index is 0.184. The summed E-state index contributed by atoms with van der Waals surface area (Å²) in [7, 11) is 0. The minimum Gasteiger partial charge on any atom is -0.342 e. The molecule has 2 aliphatic rings. The summed E-state index contributed by atoms with van der Waals surface area (Å²) in [5, 5.41) is 3.28. The Balaban J connectivity index is 1.48. The average Bonchev–Trinajstić information content (AvgIpc) is 3.00. The van der Waals surface area contributed by atoms with Gasteiger partial charge in [0.2, 0.25) is 5.91 Å². The Morgan fingerprint density at radius 1 is 1.38 bits per heavy atom. The molecule has 0 radical (unpaired) electrons. The van der Waals surface area contributed by atoms with Gasteiger partial charge in [0.25, 0.3) is 0 Å². The van der Waals surface area contributed by atoms with Crippen LogP contribution in [0.3, 0.4) is 0 Å². The van der Waals surface area contributed by atoms with Gasteiger partial charge in [-0.1, -0.05) is 0 Å². The molecule has 2 aliphatic heterocycles. The summed E-state index contributed by atoms with van der Waals surface area (Å²) < 4.78 is 0. The summed E-state index contributed by atoms with van der Waals surface area (Å²) >= 11 is 1.71. The number of nitrogens with zero attached hydrogens (tertiary/aromatic N) is 3. The predicted octanol–water partition coefficient (Wildman–Crippen LogP) is 2.25. The van der Waals surface area contributed by atoms with E-state index in [1.165, 1.54) is 0 Å². The number of piperidine rings is 2. The number of aryl methyl sites for hydroxylation is 1. The maximum Gasteiger partial charge on any atom is 0.225 e. The molecule has 2 unspecified atom stereocenters. The highest BCUT2D eigenvalue weighted by atomic mass is 32.1. The first-order valence-corrected chi connectivity index (χ1v) is 10.1. The van der Waals surface area contributed by atoms with Crippen LogP contribution in [0.25, 0.3) is 0 Å². The van der Waals surface area contributed by atoms with Crippen molar-refractivity contribution in [3.63, 3.8) is 0 Å². The molecule has 0 aliphatic carbocycles. The van der Waals surface area contributed by atoms with E-state index < -0.39 is 0 Å². The fraction of sp³-hybridized carbons (Fsp3) is 0.778. The molecule has 2 fully saturated rings. The third-order valence-corrected chi connectivity index (χ3v) is 6.32. The lowest BCUT2D eigenvalue weighted by atomic mass is 9.89. The molecule has 0 aromatic carbocycles. The quantitative estimate of drug-likeness (QED) is 0.905. The average molecular weight is 351 g/mol. The van der Waals surface area contributed by atoms with Gasteiger partial charge in [0.05, 0.1) is 10.7 Å². The minimum atomic E-state index is 0.184. The van der Waals surface area contributed by atoms with Crippen molar-refractivity contribution in [2.24, 2.45) is 17.6 Å². The molecule has 1 amide bonds. The number of carbonyl (C=O) groups excluding carboxylic acids is 1. The van der Waals surface area contributed by atoms with E-state index in [0.29, 0.717) is 11.8 Å². The first-order valence-electron chi connectivity index (χ1n) is 9.20. The number of amides is 1. The normalized spacial score (nSPS) is 25.0. The highest BCUT2D eigenvalue weighted by Crippen LogP contribution is 2.25. The Kier molecular flexibility index (Phi) is 5.89. The summed E-state index contributed by atoms with van der Waals surface area (Å²) in [6.07, 6.45) is 4.20.